The van der Waals surface area contributed by atoms with Gasteiger partial charge in [-0.3, -0.25) is 5.84 Å². The maximum absolute atomic E-state index is 5.16. The van der Waals surface area contributed by atoms with E-state index in [1.165, 1.54) is 0 Å². The summed E-state index contributed by atoms with van der Waals surface area (Å²) in [6.45, 7) is 0. The molecular formula is C7H7BrN2O. The summed E-state index contributed by atoms with van der Waals surface area (Å²) in [6.07, 6.45) is 5.16. The third kappa shape index (κ3) is 1.84. The Balaban J connectivity index is 2.84. The number of nitrogens with two attached hydrogens (primary N) is 1. The number of nitrogens with one attached hydrogen (secondary N) is 1. The highest BCUT2D eigenvalue weighted by atomic mass is 79.9. The van der Waals surface area contributed by atoms with Gasteiger partial charge in [0.15, 0.2) is 4.67 Å². The number of halogens is 1. The molecule has 0 aliphatic carbocycles. The molecule has 0 saturated heterocycles. The van der Waals surface area contributed by atoms with Gasteiger partial charge in [-0.1, -0.05) is 5.92 Å². The molecule has 0 spiro atoms. The molecule has 0 bridgehead atoms. The molecule has 1 rings (SSSR count). The zero-order valence-electron chi connectivity index (χ0n) is 5.67. The third-order valence-electron chi connectivity index (χ3n) is 1.21. The summed E-state index contributed by atoms with van der Waals surface area (Å²) >= 11 is 3.15. The molecule has 1 heterocycles. The van der Waals surface area contributed by atoms with Crippen LogP contribution in [0, 0.1) is 12.3 Å². The highest BCUT2D eigenvalue weighted by Crippen LogP contribution is 2.18. The van der Waals surface area contributed by atoms with Crippen LogP contribution in [0.4, 0.5) is 0 Å². The van der Waals surface area contributed by atoms with Gasteiger partial charge in [0.2, 0.25) is 0 Å². The van der Waals surface area contributed by atoms with E-state index >= 15 is 0 Å². The fourth-order valence-electron chi connectivity index (χ4n) is 0.696. The number of rotatable bonds is 2. The van der Waals surface area contributed by atoms with E-state index in [9.17, 15) is 0 Å². The van der Waals surface area contributed by atoms with Crippen LogP contribution >= 0.6 is 15.9 Å². The van der Waals surface area contributed by atoms with E-state index in [2.05, 4.69) is 27.3 Å². The number of hydrazine groups is 1. The van der Waals surface area contributed by atoms with Crippen molar-refractivity contribution in [2.24, 2.45) is 5.84 Å². The van der Waals surface area contributed by atoms with Gasteiger partial charge in [-0.05, 0) is 28.1 Å². The Kier molecular flexibility index (Phi) is 2.71. The Morgan fingerprint density at radius 2 is 2.45 bits per heavy atom. The minimum absolute atomic E-state index is 0.360. The minimum Gasteiger partial charge on any atom is -0.452 e. The summed E-state index contributed by atoms with van der Waals surface area (Å²) in [7, 11) is 0. The largest absolute Gasteiger partial charge is 0.452 e. The highest BCUT2D eigenvalue weighted by Gasteiger charge is 2.09. The Morgan fingerprint density at radius 3 is 2.82 bits per heavy atom. The maximum Gasteiger partial charge on any atom is 0.169 e. The Bertz CT molecular complexity index is 276. The van der Waals surface area contributed by atoms with E-state index in [0.717, 1.165) is 0 Å². The van der Waals surface area contributed by atoms with Crippen molar-refractivity contribution in [3.8, 4) is 12.3 Å². The quantitative estimate of drug-likeness (QED) is 0.442. The molecule has 3 nitrogen and oxygen atoms in total. The second kappa shape index (κ2) is 3.58. The molecule has 0 aliphatic rings. The molecule has 4 heteroatoms. The Hall–Kier alpha value is -0.760. The summed E-state index contributed by atoms with van der Waals surface area (Å²) in [4.78, 5) is 0. The van der Waals surface area contributed by atoms with Crippen LogP contribution in [0.5, 0.6) is 0 Å². The predicted octanol–water partition coefficient (Wildman–Crippen LogP) is 1.18. The monoisotopic (exact) mass is 214 g/mol. The summed E-state index contributed by atoms with van der Waals surface area (Å²) in [5.74, 6) is 8.21. The SMILES string of the molecule is C#CC(NN)c1ccc(Br)o1. The zero-order valence-corrected chi connectivity index (χ0v) is 7.26. The van der Waals surface area contributed by atoms with Crippen LogP contribution in [0.25, 0.3) is 0 Å². The standard InChI is InChI=1S/C7H7BrN2O/c1-2-5(10-9)6-3-4-7(8)11-6/h1,3-5,10H,9H2. The normalized spacial score (nSPS) is 12.5. The molecule has 1 atom stereocenters. The van der Waals surface area contributed by atoms with Crippen molar-refractivity contribution in [2.75, 3.05) is 0 Å². The Labute approximate surface area is 73.0 Å². The van der Waals surface area contributed by atoms with Crippen molar-refractivity contribution in [3.63, 3.8) is 0 Å². The van der Waals surface area contributed by atoms with Crippen molar-refractivity contribution < 1.29 is 4.42 Å². The minimum atomic E-state index is -0.360. The lowest BCUT2D eigenvalue weighted by Gasteiger charge is -2.03. The van der Waals surface area contributed by atoms with Crippen LogP contribution in [0.2, 0.25) is 0 Å². The molecule has 58 valence electrons. The number of hydrogen-bond acceptors (Lipinski definition) is 3. The molecule has 3 N–H and O–H groups in total. The summed E-state index contributed by atoms with van der Waals surface area (Å²) in [5, 5.41) is 0. The van der Waals surface area contributed by atoms with Gasteiger partial charge in [0.1, 0.15) is 11.8 Å². The number of furan rings is 1. The lowest BCUT2D eigenvalue weighted by atomic mass is 10.2. The fraction of sp³-hybridized carbons (Fsp3) is 0.143. The van der Waals surface area contributed by atoms with Gasteiger partial charge < -0.3 is 4.42 Å². The second-order valence-electron chi connectivity index (χ2n) is 1.91. The maximum atomic E-state index is 5.16. The average molecular weight is 215 g/mol. The van der Waals surface area contributed by atoms with Gasteiger partial charge >= 0.3 is 0 Å². The predicted molar refractivity (Wildman–Crippen MR) is 45.3 cm³/mol. The molecular weight excluding hydrogens is 208 g/mol. The lowest BCUT2D eigenvalue weighted by molar-refractivity contribution is 0.449. The molecule has 0 aliphatic heterocycles. The van der Waals surface area contributed by atoms with Gasteiger partial charge in [0, 0.05) is 0 Å². The van der Waals surface area contributed by atoms with Crippen LogP contribution in [0.15, 0.2) is 21.2 Å². The molecule has 1 unspecified atom stereocenters. The van der Waals surface area contributed by atoms with Crippen LogP contribution < -0.4 is 11.3 Å². The van der Waals surface area contributed by atoms with Crippen molar-refractivity contribution in [3.05, 3.63) is 22.6 Å². The molecule has 1 aromatic heterocycles. The van der Waals surface area contributed by atoms with Gasteiger partial charge in [-0.25, -0.2) is 5.43 Å². The van der Waals surface area contributed by atoms with Crippen molar-refractivity contribution in [1.82, 2.24) is 5.43 Å². The number of hydrogen-bond donors (Lipinski definition) is 2. The van der Waals surface area contributed by atoms with E-state index in [1.54, 1.807) is 12.1 Å². The first kappa shape index (κ1) is 8.34. The first-order valence-electron chi connectivity index (χ1n) is 2.95. The second-order valence-corrected chi connectivity index (χ2v) is 2.69. The molecule has 1 aromatic rings. The van der Waals surface area contributed by atoms with Gasteiger partial charge in [-0.2, -0.15) is 0 Å². The molecule has 0 amide bonds. The van der Waals surface area contributed by atoms with Crippen LogP contribution in [0.1, 0.15) is 11.8 Å². The lowest BCUT2D eigenvalue weighted by Crippen LogP contribution is -2.26. The molecule has 0 fully saturated rings. The van der Waals surface area contributed by atoms with E-state index < -0.39 is 0 Å². The first-order valence-corrected chi connectivity index (χ1v) is 3.74. The first-order chi connectivity index (χ1) is 5.27. The molecule has 0 saturated carbocycles. The van der Waals surface area contributed by atoms with Gasteiger partial charge in [0.25, 0.3) is 0 Å². The van der Waals surface area contributed by atoms with E-state index in [-0.39, 0.29) is 6.04 Å². The molecule has 0 radical (unpaired) electrons. The molecule has 11 heavy (non-hydrogen) atoms. The summed E-state index contributed by atoms with van der Waals surface area (Å²) in [6, 6.07) is 3.16. The van der Waals surface area contributed by atoms with Crippen molar-refractivity contribution in [2.45, 2.75) is 6.04 Å². The van der Waals surface area contributed by atoms with Crippen LogP contribution in [-0.2, 0) is 0 Å². The summed E-state index contributed by atoms with van der Waals surface area (Å²) < 4.78 is 5.80. The Morgan fingerprint density at radius 1 is 1.73 bits per heavy atom. The smallest absolute Gasteiger partial charge is 0.169 e. The van der Waals surface area contributed by atoms with E-state index in [1.807, 2.05) is 0 Å². The van der Waals surface area contributed by atoms with Crippen molar-refractivity contribution in [1.29, 1.82) is 0 Å². The number of terminal acetylenes is 1. The van der Waals surface area contributed by atoms with E-state index in [0.29, 0.717) is 10.4 Å². The summed E-state index contributed by atoms with van der Waals surface area (Å²) in [5.41, 5.74) is 2.43. The fourth-order valence-corrected chi connectivity index (χ4v) is 1.01. The van der Waals surface area contributed by atoms with E-state index in [4.69, 9.17) is 16.7 Å². The van der Waals surface area contributed by atoms with Crippen LogP contribution in [0.3, 0.4) is 0 Å². The molecule has 0 aromatic carbocycles. The zero-order chi connectivity index (χ0) is 8.27. The third-order valence-corrected chi connectivity index (χ3v) is 1.64. The van der Waals surface area contributed by atoms with Crippen LogP contribution in [-0.4, -0.2) is 0 Å². The highest BCUT2D eigenvalue weighted by molar-refractivity contribution is 9.10. The topological polar surface area (TPSA) is 51.2 Å². The average Bonchev–Trinajstić information content (AvgIpc) is 2.39. The van der Waals surface area contributed by atoms with Gasteiger partial charge in [-0.15, -0.1) is 6.42 Å². The van der Waals surface area contributed by atoms with Gasteiger partial charge in [0.05, 0.1) is 0 Å². The van der Waals surface area contributed by atoms with Crippen molar-refractivity contribution >= 4 is 15.9 Å².